The number of thiazole rings is 1. The van der Waals surface area contributed by atoms with Gasteiger partial charge in [0.05, 0.1) is 5.69 Å². The highest BCUT2D eigenvalue weighted by Gasteiger charge is 2.08. The van der Waals surface area contributed by atoms with Crippen LogP contribution in [0.1, 0.15) is 5.01 Å². The number of halogens is 3. The Morgan fingerprint density at radius 3 is 2.89 bits per heavy atom. The number of benzene rings is 1. The lowest BCUT2D eigenvalue weighted by atomic mass is 10.2. The molecule has 0 aliphatic heterocycles. The first kappa shape index (κ1) is 15.8. The summed E-state index contributed by atoms with van der Waals surface area (Å²) in [6.45, 7) is -2.12. The van der Waals surface area contributed by atoms with E-state index in [-0.39, 0.29) is 18.2 Å². The monoisotopic (exact) mass is 306 g/mol. The van der Waals surface area contributed by atoms with E-state index >= 15 is 0 Å². The van der Waals surface area contributed by atoms with Crippen LogP contribution in [0, 0.1) is 0 Å². The van der Waals surface area contributed by atoms with Gasteiger partial charge in [0.2, 0.25) is 0 Å². The smallest absolute Gasteiger partial charge is 0.387 e. The van der Waals surface area contributed by atoms with Gasteiger partial charge in [-0.15, -0.1) is 23.7 Å². The first-order valence-electron chi connectivity index (χ1n) is 5.33. The van der Waals surface area contributed by atoms with Gasteiger partial charge in [-0.3, -0.25) is 0 Å². The van der Waals surface area contributed by atoms with E-state index in [9.17, 15) is 8.78 Å². The molecule has 7 heteroatoms. The quantitative estimate of drug-likeness (QED) is 0.917. The van der Waals surface area contributed by atoms with Crippen molar-refractivity contribution < 1.29 is 13.5 Å². The average molecular weight is 307 g/mol. The fraction of sp³-hybridized carbons (Fsp3) is 0.250. The van der Waals surface area contributed by atoms with Gasteiger partial charge < -0.3 is 10.1 Å². The van der Waals surface area contributed by atoms with Gasteiger partial charge in [0, 0.05) is 17.5 Å². The summed E-state index contributed by atoms with van der Waals surface area (Å²) < 4.78 is 28.6. The van der Waals surface area contributed by atoms with Crippen molar-refractivity contribution in [1.82, 2.24) is 10.3 Å². The summed E-state index contributed by atoms with van der Waals surface area (Å²) in [4.78, 5) is 4.40. The van der Waals surface area contributed by atoms with Crippen molar-refractivity contribution in [1.29, 1.82) is 0 Å². The van der Waals surface area contributed by atoms with E-state index in [4.69, 9.17) is 0 Å². The Balaban J connectivity index is 0.00000180. The first-order chi connectivity index (χ1) is 8.69. The van der Waals surface area contributed by atoms with E-state index in [1.807, 2.05) is 18.5 Å². The van der Waals surface area contributed by atoms with Crippen molar-refractivity contribution in [3.05, 3.63) is 34.7 Å². The Morgan fingerprint density at radius 2 is 2.21 bits per heavy atom. The van der Waals surface area contributed by atoms with Crippen LogP contribution >= 0.6 is 23.7 Å². The molecule has 1 heterocycles. The van der Waals surface area contributed by atoms with E-state index in [2.05, 4.69) is 15.0 Å². The molecule has 1 aromatic heterocycles. The predicted octanol–water partition coefficient (Wildman–Crippen LogP) is 3.55. The Kier molecular flexibility index (Phi) is 6.14. The zero-order valence-electron chi connectivity index (χ0n) is 10.1. The molecule has 1 aromatic carbocycles. The summed E-state index contributed by atoms with van der Waals surface area (Å²) in [7, 11) is 1.85. The molecule has 0 fully saturated rings. The third-order valence-corrected chi connectivity index (χ3v) is 3.08. The zero-order chi connectivity index (χ0) is 13.0. The molecule has 0 bridgehead atoms. The third kappa shape index (κ3) is 4.41. The van der Waals surface area contributed by atoms with Crippen LogP contribution in [0.2, 0.25) is 0 Å². The molecule has 19 heavy (non-hydrogen) atoms. The number of aromatic nitrogens is 1. The number of rotatable bonds is 5. The minimum absolute atomic E-state index is 0. The molecule has 0 saturated carbocycles. The molecule has 2 rings (SSSR count). The third-order valence-electron chi connectivity index (χ3n) is 2.23. The van der Waals surface area contributed by atoms with Crippen molar-refractivity contribution in [2.75, 3.05) is 7.05 Å². The van der Waals surface area contributed by atoms with Crippen molar-refractivity contribution >= 4 is 23.7 Å². The molecule has 0 saturated heterocycles. The van der Waals surface area contributed by atoms with Crippen LogP contribution in [0.25, 0.3) is 11.3 Å². The molecule has 2 aromatic rings. The number of hydrogen-bond donors (Lipinski definition) is 1. The molecule has 0 aliphatic carbocycles. The summed E-state index contributed by atoms with van der Waals surface area (Å²) in [6.07, 6.45) is 0. The molecular formula is C12H13ClF2N2OS. The van der Waals surface area contributed by atoms with E-state index < -0.39 is 6.61 Å². The van der Waals surface area contributed by atoms with Gasteiger partial charge in [0.15, 0.2) is 0 Å². The minimum Gasteiger partial charge on any atom is -0.435 e. The predicted molar refractivity (Wildman–Crippen MR) is 74.2 cm³/mol. The van der Waals surface area contributed by atoms with Crippen molar-refractivity contribution in [2.24, 2.45) is 0 Å². The fourth-order valence-electron chi connectivity index (χ4n) is 1.51. The van der Waals surface area contributed by atoms with Gasteiger partial charge >= 0.3 is 6.61 Å². The number of alkyl halides is 2. The fourth-order valence-corrected chi connectivity index (χ4v) is 2.32. The van der Waals surface area contributed by atoms with Crippen molar-refractivity contribution in [3.8, 4) is 17.0 Å². The molecule has 0 spiro atoms. The summed E-state index contributed by atoms with van der Waals surface area (Å²) in [5.74, 6) is 0.144. The number of hydrogen-bond acceptors (Lipinski definition) is 4. The van der Waals surface area contributed by atoms with Gasteiger partial charge in [-0.1, -0.05) is 12.1 Å². The minimum atomic E-state index is -2.81. The first-order valence-corrected chi connectivity index (χ1v) is 6.21. The Morgan fingerprint density at radius 1 is 1.42 bits per heavy atom. The molecule has 0 unspecified atom stereocenters. The van der Waals surface area contributed by atoms with Gasteiger partial charge in [0.1, 0.15) is 10.8 Å². The van der Waals surface area contributed by atoms with Crippen LogP contribution in [-0.2, 0) is 6.54 Å². The Labute approximate surface area is 120 Å². The maximum Gasteiger partial charge on any atom is 0.387 e. The van der Waals surface area contributed by atoms with Crippen molar-refractivity contribution in [3.63, 3.8) is 0 Å². The summed E-state index contributed by atoms with van der Waals surface area (Å²) in [5, 5.41) is 5.86. The van der Waals surface area contributed by atoms with Crippen molar-refractivity contribution in [2.45, 2.75) is 13.2 Å². The molecule has 0 aliphatic rings. The second kappa shape index (κ2) is 7.37. The largest absolute Gasteiger partial charge is 0.435 e. The number of ether oxygens (including phenoxy) is 1. The van der Waals surface area contributed by atoms with Gasteiger partial charge in [-0.25, -0.2) is 4.98 Å². The summed E-state index contributed by atoms with van der Waals surface area (Å²) in [5.41, 5.74) is 1.54. The highest BCUT2D eigenvalue weighted by molar-refractivity contribution is 7.09. The molecular weight excluding hydrogens is 294 g/mol. The molecule has 1 N–H and O–H groups in total. The van der Waals surface area contributed by atoms with Gasteiger partial charge in [0.25, 0.3) is 0 Å². The Hall–Kier alpha value is -1.24. The summed E-state index contributed by atoms with van der Waals surface area (Å²) in [6, 6.07) is 6.54. The lowest BCUT2D eigenvalue weighted by Gasteiger charge is -2.05. The van der Waals surface area contributed by atoms with Gasteiger partial charge in [-0.05, 0) is 19.2 Å². The SMILES string of the molecule is CNCc1nc(-c2cccc(OC(F)F)c2)cs1.Cl. The summed E-state index contributed by atoms with van der Waals surface area (Å²) >= 11 is 1.53. The lowest BCUT2D eigenvalue weighted by molar-refractivity contribution is -0.0498. The molecule has 0 amide bonds. The molecule has 0 radical (unpaired) electrons. The van der Waals surface area contributed by atoms with Crippen LogP contribution in [0.15, 0.2) is 29.6 Å². The van der Waals surface area contributed by atoms with E-state index in [0.717, 1.165) is 16.3 Å². The number of nitrogens with zero attached hydrogens (tertiary/aromatic N) is 1. The van der Waals surface area contributed by atoms with Crippen LogP contribution in [-0.4, -0.2) is 18.6 Å². The molecule has 0 atom stereocenters. The highest BCUT2D eigenvalue weighted by Crippen LogP contribution is 2.26. The zero-order valence-corrected chi connectivity index (χ0v) is 11.7. The van der Waals surface area contributed by atoms with E-state index in [1.165, 1.54) is 17.4 Å². The molecule has 3 nitrogen and oxygen atoms in total. The molecule has 104 valence electrons. The average Bonchev–Trinajstić information content (AvgIpc) is 2.78. The van der Waals surface area contributed by atoms with Crippen LogP contribution < -0.4 is 10.1 Å². The second-order valence-electron chi connectivity index (χ2n) is 3.56. The maximum absolute atomic E-state index is 12.1. The van der Waals surface area contributed by atoms with E-state index in [1.54, 1.807) is 12.1 Å². The standard InChI is InChI=1S/C12H12F2N2OS.ClH/c1-15-6-11-16-10(7-18-11)8-3-2-4-9(5-8)17-12(13)14;/h2-5,7,12,15H,6H2,1H3;1H. The highest BCUT2D eigenvalue weighted by atomic mass is 35.5. The topological polar surface area (TPSA) is 34.2 Å². The maximum atomic E-state index is 12.1. The second-order valence-corrected chi connectivity index (χ2v) is 4.51. The van der Waals surface area contributed by atoms with Crippen LogP contribution in [0.4, 0.5) is 8.78 Å². The van der Waals surface area contributed by atoms with Crippen LogP contribution in [0.5, 0.6) is 5.75 Å². The number of nitrogens with one attached hydrogen (secondary N) is 1. The van der Waals surface area contributed by atoms with Crippen LogP contribution in [0.3, 0.4) is 0 Å². The van der Waals surface area contributed by atoms with Gasteiger partial charge in [-0.2, -0.15) is 8.78 Å². The normalized spacial score (nSPS) is 10.3. The Bertz CT molecular complexity index is 522. The lowest BCUT2D eigenvalue weighted by Crippen LogP contribution is -2.04. The van der Waals surface area contributed by atoms with E-state index in [0.29, 0.717) is 6.54 Å².